The molecule has 7 nitrogen and oxygen atoms in total. The molecule has 23 heavy (non-hydrogen) atoms. The quantitative estimate of drug-likeness (QED) is 0.881. The van der Waals surface area contributed by atoms with Crippen LogP contribution in [0.4, 0.5) is 0 Å². The smallest absolute Gasteiger partial charge is 0.257 e. The van der Waals surface area contributed by atoms with Crippen LogP contribution in [-0.2, 0) is 14.8 Å². The summed E-state index contributed by atoms with van der Waals surface area (Å²) in [7, 11) is -3.22. The lowest BCUT2D eigenvalue weighted by Crippen LogP contribution is -2.47. The second-order valence-corrected chi connectivity index (χ2v) is 8.26. The van der Waals surface area contributed by atoms with Crippen LogP contribution in [0.15, 0.2) is 23.0 Å². The maximum Gasteiger partial charge on any atom is 0.257 e. The average Bonchev–Trinajstić information content (AvgIpc) is 3.14. The Bertz CT molecular complexity index is 657. The number of hydrogen-bond acceptors (Lipinski definition) is 5. The summed E-state index contributed by atoms with van der Waals surface area (Å²) in [5.41, 5.74) is 0.203. The average molecular weight is 342 g/mol. The molecular formula is C15H22N2O5S. The zero-order valence-electron chi connectivity index (χ0n) is 13.2. The number of likely N-dealkylation sites (tertiary alicyclic amines) is 1. The van der Waals surface area contributed by atoms with Crippen molar-refractivity contribution in [2.75, 3.05) is 25.9 Å². The van der Waals surface area contributed by atoms with Gasteiger partial charge in [-0.15, -0.1) is 0 Å². The Hall–Kier alpha value is -1.38. The number of nitrogens with one attached hydrogen (secondary N) is 1. The van der Waals surface area contributed by atoms with E-state index in [0.29, 0.717) is 18.7 Å². The van der Waals surface area contributed by atoms with Gasteiger partial charge in [0.05, 0.1) is 36.3 Å². The maximum absolute atomic E-state index is 12.4. The van der Waals surface area contributed by atoms with E-state index in [-0.39, 0.29) is 24.2 Å². The molecule has 1 spiro atoms. The first kappa shape index (κ1) is 16.5. The van der Waals surface area contributed by atoms with Crippen molar-refractivity contribution in [3.05, 3.63) is 24.2 Å². The van der Waals surface area contributed by atoms with Crippen molar-refractivity contribution in [1.29, 1.82) is 0 Å². The number of hydrogen-bond donors (Lipinski definition) is 1. The molecule has 0 radical (unpaired) electrons. The minimum Gasteiger partial charge on any atom is -0.472 e. The number of amides is 1. The summed E-state index contributed by atoms with van der Waals surface area (Å²) in [6.45, 7) is 1.49. The summed E-state index contributed by atoms with van der Waals surface area (Å²) >= 11 is 0. The van der Waals surface area contributed by atoms with Crippen molar-refractivity contribution >= 4 is 15.9 Å². The van der Waals surface area contributed by atoms with Crippen LogP contribution >= 0.6 is 0 Å². The van der Waals surface area contributed by atoms with Crippen molar-refractivity contribution in [3.8, 4) is 0 Å². The number of carbonyl (C=O) groups is 1. The Kier molecular flexibility index (Phi) is 4.48. The highest BCUT2D eigenvalue weighted by molar-refractivity contribution is 7.88. The van der Waals surface area contributed by atoms with E-state index < -0.39 is 10.0 Å². The van der Waals surface area contributed by atoms with E-state index in [2.05, 4.69) is 4.72 Å². The molecule has 128 valence electrons. The van der Waals surface area contributed by atoms with E-state index in [0.717, 1.165) is 31.9 Å². The van der Waals surface area contributed by atoms with Gasteiger partial charge in [-0.3, -0.25) is 4.79 Å². The van der Waals surface area contributed by atoms with Crippen molar-refractivity contribution in [2.24, 2.45) is 0 Å². The van der Waals surface area contributed by atoms with Crippen LogP contribution in [-0.4, -0.2) is 56.8 Å². The van der Waals surface area contributed by atoms with Crippen LogP contribution in [0.5, 0.6) is 0 Å². The topological polar surface area (TPSA) is 88.9 Å². The molecule has 8 heteroatoms. The minimum absolute atomic E-state index is 0.0457. The fourth-order valence-corrected chi connectivity index (χ4v) is 3.89. The summed E-state index contributed by atoms with van der Waals surface area (Å²) in [6.07, 6.45) is 7.44. The first-order valence-electron chi connectivity index (χ1n) is 7.81. The largest absolute Gasteiger partial charge is 0.472 e. The molecule has 3 rings (SSSR count). The molecule has 1 N–H and O–H groups in total. The lowest BCUT2D eigenvalue weighted by Gasteiger charge is -2.38. The highest BCUT2D eigenvalue weighted by Crippen LogP contribution is 2.37. The van der Waals surface area contributed by atoms with Gasteiger partial charge in [-0.1, -0.05) is 0 Å². The lowest BCUT2D eigenvalue weighted by molar-refractivity contribution is -0.116. The predicted molar refractivity (Wildman–Crippen MR) is 83.5 cm³/mol. The molecule has 0 aromatic carbocycles. The zero-order chi connectivity index (χ0) is 16.5. The van der Waals surface area contributed by atoms with E-state index in [9.17, 15) is 13.2 Å². The van der Waals surface area contributed by atoms with Crippen LogP contribution in [0.25, 0.3) is 0 Å². The summed E-state index contributed by atoms with van der Waals surface area (Å²) in [6, 6.07) is 1.66. The summed E-state index contributed by atoms with van der Waals surface area (Å²) in [5, 5.41) is 0. The van der Waals surface area contributed by atoms with Crippen LogP contribution in [0.1, 0.15) is 36.0 Å². The van der Waals surface area contributed by atoms with Gasteiger partial charge < -0.3 is 14.1 Å². The predicted octanol–water partition coefficient (Wildman–Crippen LogP) is 0.983. The molecule has 1 aromatic heterocycles. The minimum atomic E-state index is -3.22. The Morgan fingerprint density at radius 3 is 3.00 bits per heavy atom. The van der Waals surface area contributed by atoms with Crippen LogP contribution in [0.3, 0.4) is 0 Å². The first-order valence-corrected chi connectivity index (χ1v) is 9.70. The molecule has 0 aliphatic carbocycles. The second-order valence-electron chi connectivity index (χ2n) is 6.42. The monoisotopic (exact) mass is 342 g/mol. The number of ether oxygens (including phenoxy) is 1. The Balaban J connectivity index is 1.61. The molecule has 3 heterocycles. The van der Waals surface area contributed by atoms with Gasteiger partial charge in [0.2, 0.25) is 10.0 Å². The first-order chi connectivity index (χ1) is 10.9. The number of nitrogens with zero attached hydrogens (tertiary/aromatic N) is 1. The normalized spacial score (nSPS) is 28.4. The van der Waals surface area contributed by atoms with E-state index in [1.54, 1.807) is 11.0 Å². The molecule has 2 atom stereocenters. The number of rotatable bonds is 4. The van der Waals surface area contributed by atoms with Crippen molar-refractivity contribution < 1.29 is 22.4 Å². The molecule has 1 amide bonds. The van der Waals surface area contributed by atoms with E-state index in [1.165, 1.54) is 12.5 Å². The Labute approximate surface area is 136 Å². The molecule has 0 bridgehead atoms. The SMILES string of the molecule is CS(=O)(=O)NC[C@@H]1CCC[C@]2(CCN(C(=O)c3ccoc3)C2)O1. The van der Waals surface area contributed by atoms with Gasteiger partial charge in [0.25, 0.3) is 5.91 Å². The fourth-order valence-electron chi connectivity index (χ4n) is 3.40. The molecule has 2 saturated heterocycles. The van der Waals surface area contributed by atoms with E-state index in [4.69, 9.17) is 9.15 Å². The maximum atomic E-state index is 12.4. The number of sulfonamides is 1. The molecule has 2 aliphatic heterocycles. The number of carbonyl (C=O) groups excluding carboxylic acids is 1. The van der Waals surface area contributed by atoms with Crippen molar-refractivity contribution in [1.82, 2.24) is 9.62 Å². The third-order valence-electron chi connectivity index (χ3n) is 4.52. The van der Waals surface area contributed by atoms with Crippen LogP contribution in [0.2, 0.25) is 0 Å². The molecule has 2 aliphatic rings. The van der Waals surface area contributed by atoms with Gasteiger partial charge in [-0.05, 0) is 31.7 Å². The third kappa shape index (κ3) is 3.94. The third-order valence-corrected chi connectivity index (χ3v) is 5.21. The molecule has 1 aromatic rings. The summed E-state index contributed by atoms with van der Waals surface area (Å²) in [5.74, 6) is -0.0457. The summed E-state index contributed by atoms with van der Waals surface area (Å²) < 4.78 is 36.1. The van der Waals surface area contributed by atoms with E-state index in [1.807, 2.05) is 0 Å². The van der Waals surface area contributed by atoms with Gasteiger partial charge >= 0.3 is 0 Å². The van der Waals surface area contributed by atoms with Gasteiger partial charge in [0.1, 0.15) is 6.26 Å². The highest BCUT2D eigenvalue weighted by atomic mass is 32.2. The molecule has 2 fully saturated rings. The molecule has 0 saturated carbocycles. The lowest BCUT2D eigenvalue weighted by atomic mass is 9.90. The highest BCUT2D eigenvalue weighted by Gasteiger charge is 2.44. The fraction of sp³-hybridized carbons (Fsp3) is 0.667. The van der Waals surface area contributed by atoms with Crippen LogP contribution < -0.4 is 4.72 Å². The molecular weight excluding hydrogens is 320 g/mol. The van der Waals surface area contributed by atoms with E-state index >= 15 is 0 Å². The van der Waals surface area contributed by atoms with Crippen molar-refractivity contribution in [2.45, 2.75) is 37.4 Å². The van der Waals surface area contributed by atoms with Gasteiger partial charge in [0, 0.05) is 13.1 Å². The second kappa shape index (κ2) is 6.26. The van der Waals surface area contributed by atoms with Crippen molar-refractivity contribution in [3.63, 3.8) is 0 Å². The number of furan rings is 1. The van der Waals surface area contributed by atoms with Gasteiger partial charge in [-0.25, -0.2) is 13.1 Å². The zero-order valence-corrected chi connectivity index (χ0v) is 14.0. The van der Waals surface area contributed by atoms with Gasteiger partial charge in [0.15, 0.2) is 0 Å². The standard InChI is InChI=1S/C15H22N2O5S/c1-23(19,20)16-9-13-3-2-5-15(22-13)6-7-17(11-15)14(18)12-4-8-21-10-12/h4,8,10,13,16H,2-3,5-7,9,11H2,1H3/t13-,15+/m0/s1. The Morgan fingerprint density at radius 2 is 2.30 bits per heavy atom. The van der Waals surface area contributed by atoms with Crippen LogP contribution in [0, 0.1) is 0 Å². The summed E-state index contributed by atoms with van der Waals surface area (Å²) in [4.78, 5) is 14.2. The molecule has 0 unspecified atom stereocenters. The Morgan fingerprint density at radius 1 is 1.48 bits per heavy atom. The van der Waals surface area contributed by atoms with Gasteiger partial charge in [-0.2, -0.15) is 0 Å².